The SMILES string of the molecule is C#CCCC#C.CCO. The number of hydrogen-bond acceptors (Lipinski definition) is 1. The number of aliphatic hydroxyl groups is 1. The van der Waals surface area contributed by atoms with Crippen molar-refractivity contribution in [3.05, 3.63) is 0 Å². The van der Waals surface area contributed by atoms with Crippen LogP contribution in [-0.2, 0) is 0 Å². The van der Waals surface area contributed by atoms with Crippen LogP contribution in [0.3, 0.4) is 0 Å². The molecule has 0 aliphatic rings. The Labute approximate surface area is 57.1 Å². The zero-order chi connectivity index (χ0) is 7.54. The molecule has 0 aliphatic carbocycles. The van der Waals surface area contributed by atoms with E-state index in [0.29, 0.717) is 12.8 Å². The molecule has 50 valence electrons. The summed E-state index contributed by atoms with van der Waals surface area (Å²) in [7, 11) is 0. The van der Waals surface area contributed by atoms with Crippen LogP contribution in [0.1, 0.15) is 19.8 Å². The van der Waals surface area contributed by atoms with Crippen molar-refractivity contribution < 1.29 is 5.11 Å². The van der Waals surface area contributed by atoms with Crippen molar-refractivity contribution in [2.45, 2.75) is 19.8 Å². The van der Waals surface area contributed by atoms with E-state index in [1.807, 2.05) is 0 Å². The van der Waals surface area contributed by atoms with Gasteiger partial charge in [-0.15, -0.1) is 24.7 Å². The highest BCUT2D eigenvalue weighted by Gasteiger charge is 1.66. The van der Waals surface area contributed by atoms with Crippen LogP contribution in [0.15, 0.2) is 0 Å². The van der Waals surface area contributed by atoms with Gasteiger partial charge in [-0.1, -0.05) is 0 Å². The largest absolute Gasteiger partial charge is 0.397 e. The van der Waals surface area contributed by atoms with Crippen molar-refractivity contribution in [2.75, 3.05) is 6.61 Å². The molecule has 0 fully saturated rings. The van der Waals surface area contributed by atoms with E-state index >= 15 is 0 Å². The van der Waals surface area contributed by atoms with Crippen molar-refractivity contribution in [1.82, 2.24) is 0 Å². The minimum absolute atomic E-state index is 0.250. The van der Waals surface area contributed by atoms with Gasteiger partial charge < -0.3 is 5.11 Å². The summed E-state index contributed by atoms with van der Waals surface area (Å²) in [6, 6.07) is 0. The third kappa shape index (κ3) is 42.2. The average Bonchev–Trinajstić information content (AvgIpc) is 1.86. The molecule has 0 radical (unpaired) electrons. The lowest BCUT2D eigenvalue weighted by molar-refractivity contribution is 0.318. The summed E-state index contributed by atoms with van der Waals surface area (Å²) in [5, 5.41) is 7.57. The summed E-state index contributed by atoms with van der Waals surface area (Å²) in [6.45, 7) is 1.93. The van der Waals surface area contributed by atoms with E-state index in [1.165, 1.54) is 0 Å². The summed E-state index contributed by atoms with van der Waals surface area (Å²) >= 11 is 0. The van der Waals surface area contributed by atoms with Gasteiger partial charge in [-0.2, -0.15) is 0 Å². The Morgan fingerprint density at radius 3 is 1.56 bits per heavy atom. The van der Waals surface area contributed by atoms with E-state index in [-0.39, 0.29) is 6.61 Å². The molecule has 0 atom stereocenters. The second kappa shape index (κ2) is 15.7. The van der Waals surface area contributed by atoms with Gasteiger partial charge in [0.2, 0.25) is 0 Å². The van der Waals surface area contributed by atoms with E-state index in [0.717, 1.165) is 0 Å². The Kier molecular flexibility index (Phi) is 19.1. The van der Waals surface area contributed by atoms with E-state index in [4.69, 9.17) is 18.0 Å². The topological polar surface area (TPSA) is 20.2 Å². The highest BCUT2D eigenvalue weighted by molar-refractivity contribution is 4.92. The van der Waals surface area contributed by atoms with E-state index in [9.17, 15) is 0 Å². The number of aliphatic hydroxyl groups excluding tert-OH is 1. The van der Waals surface area contributed by atoms with Crippen molar-refractivity contribution in [3.8, 4) is 24.7 Å². The fourth-order valence-corrected chi connectivity index (χ4v) is 0.144. The van der Waals surface area contributed by atoms with Crippen LogP contribution in [0.25, 0.3) is 0 Å². The molecule has 0 aliphatic heterocycles. The van der Waals surface area contributed by atoms with Crippen LogP contribution >= 0.6 is 0 Å². The predicted molar refractivity (Wildman–Crippen MR) is 39.7 cm³/mol. The van der Waals surface area contributed by atoms with Crippen LogP contribution in [0, 0.1) is 24.7 Å². The van der Waals surface area contributed by atoms with Gasteiger partial charge >= 0.3 is 0 Å². The zero-order valence-corrected chi connectivity index (χ0v) is 5.72. The summed E-state index contributed by atoms with van der Waals surface area (Å²) in [5.74, 6) is 4.85. The van der Waals surface area contributed by atoms with Gasteiger partial charge in [-0.3, -0.25) is 0 Å². The highest BCUT2D eigenvalue weighted by atomic mass is 16.2. The molecule has 0 aromatic rings. The molecule has 0 aromatic heterocycles. The Morgan fingerprint density at radius 2 is 1.44 bits per heavy atom. The molecule has 0 heterocycles. The molecule has 9 heavy (non-hydrogen) atoms. The Bertz CT molecular complexity index is 88.7. The smallest absolute Gasteiger partial charge is 0.0402 e. The first-order valence-electron chi connectivity index (χ1n) is 2.81. The first-order valence-corrected chi connectivity index (χ1v) is 2.81. The molecule has 0 saturated carbocycles. The average molecular weight is 124 g/mol. The number of hydrogen-bond donors (Lipinski definition) is 1. The molecule has 0 aromatic carbocycles. The van der Waals surface area contributed by atoms with Crippen LogP contribution in [0.4, 0.5) is 0 Å². The Balaban J connectivity index is 0. The molecule has 0 bridgehead atoms. The van der Waals surface area contributed by atoms with Gasteiger partial charge in [0.15, 0.2) is 0 Å². The van der Waals surface area contributed by atoms with Crippen molar-refractivity contribution in [3.63, 3.8) is 0 Å². The fraction of sp³-hybridized carbons (Fsp3) is 0.500. The number of rotatable bonds is 1. The Hall–Kier alpha value is -0.920. The zero-order valence-electron chi connectivity index (χ0n) is 5.72. The maximum Gasteiger partial charge on any atom is 0.0402 e. The molecule has 1 N–H and O–H groups in total. The second-order valence-corrected chi connectivity index (χ2v) is 1.22. The molecule has 0 rings (SSSR count). The summed E-state index contributed by atoms with van der Waals surface area (Å²) in [6.07, 6.45) is 11.1. The summed E-state index contributed by atoms with van der Waals surface area (Å²) in [4.78, 5) is 0. The van der Waals surface area contributed by atoms with Crippen LogP contribution in [0.2, 0.25) is 0 Å². The van der Waals surface area contributed by atoms with Crippen LogP contribution in [0.5, 0.6) is 0 Å². The van der Waals surface area contributed by atoms with Gasteiger partial charge in [0.25, 0.3) is 0 Å². The molecule has 0 spiro atoms. The first kappa shape index (κ1) is 11.0. The van der Waals surface area contributed by atoms with Crippen LogP contribution in [-0.4, -0.2) is 11.7 Å². The van der Waals surface area contributed by atoms with E-state index < -0.39 is 0 Å². The summed E-state index contributed by atoms with van der Waals surface area (Å²) in [5.41, 5.74) is 0. The summed E-state index contributed by atoms with van der Waals surface area (Å²) < 4.78 is 0. The lowest BCUT2D eigenvalue weighted by Gasteiger charge is -1.70. The van der Waals surface area contributed by atoms with E-state index in [2.05, 4.69) is 11.8 Å². The molecule has 0 unspecified atom stereocenters. The minimum atomic E-state index is 0.250. The molecule has 1 nitrogen and oxygen atoms in total. The Morgan fingerprint density at radius 1 is 1.22 bits per heavy atom. The third-order valence-electron chi connectivity index (χ3n) is 0.414. The maximum absolute atomic E-state index is 7.57. The number of terminal acetylenes is 2. The van der Waals surface area contributed by atoms with E-state index in [1.54, 1.807) is 6.92 Å². The lowest BCUT2D eigenvalue weighted by atomic mass is 10.3. The lowest BCUT2D eigenvalue weighted by Crippen LogP contribution is -1.58. The maximum atomic E-state index is 7.57. The first-order chi connectivity index (χ1) is 4.33. The molecular weight excluding hydrogens is 112 g/mol. The third-order valence-corrected chi connectivity index (χ3v) is 0.414. The second-order valence-electron chi connectivity index (χ2n) is 1.22. The van der Waals surface area contributed by atoms with Gasteiger partial charge in [0, 0.05) is 19.4 Å². The van der Waals surface area contributed by atoms with Crippen molar-refractivity contribution >= 4 is 0 Å². The monoisotopic (exact) mass is 124 g/mol. The normalized spacial score (nSPS) is 5.78. The van der Waals surface area contributed by atoms with Gasteiger partial charge in [-0.05, 0) is 6.92 Å². The minimum Gasteiger partial charge on any atom is -0.397 e. The number of unbranched alkanes of at least 4 members (excludes halogenated alkanes) is 1. The predicted octanol–water partition coefficient (Wildman–Crippen LogP) is 1.03. The van der Waals surface area contributed by atoms with Crippen molar-refractivity contribution in [2.24, 2.45) is 0 Å². The van der Waals surface area contributed by atoms with Crippen molar-refractivity contribution in [1.29, 1.82) is 0 Å². The highest BCUT2D eigenvalue weighted by Crippen LogP contribution is 1.78. The fourth-order valence-electron chi connectivity index (χ4n) is 0.144. The molecular formula is C8H12O. The molecule has 0 amide bonds. The molecule has 1 heteroatoms. The van der Waals surface area contributed by atoms with Gasteiger partial charge in [0.05, 0.1) is 0 Å². The molecule has 0 saturated heterocycles. The van der Waals surface area contributed by atoms with Gasteiger partial charge in [-0.25, -0.2) is 0 Å². The standard InChI is InChI=1S/C6H6.C2H6O/c1-3-5-6-4-2;1-2-3/h1-2H,5-6H2;3H,2H2,1H3. The van der Waals surface area contributed by atoms with Crippen LogP contribution < -0.4 is 0 Å². The van der Waals surface area contributed by atoms with Gasteiger partial charge in [0.1, 0.15) is 0 Å². The quantitative estimate of drug-likeness (QED) is 0.409.